The number of carbonyl (C=O) groups is 1. The minimum Gasteiger partial charge on any atom is -0.451 e. The molecule has 26 heavy (non-hydrogen) atoms. The van der Waals surface area contributed by atoms with Crippen LogP contribution in [0.5, 0.6) is 0 Å². The van der Waals surface area contributed by atoms with Crippen LogP contribution in [0.2, 0.25) is 5.02 Å². The van der Waals surface area contributed by atoms with E-state index in [1.807, 2.05) is 18.2 Å². The highest BCUT2D eigenvalue weighted by Crippen LogP contribution is 2.29. The number of hydrogen-bond donors (Lipinski definition) is 1. The maximum absolute atomic E-state index is 12.4. The Morgan fingerprint density at radius 2 is 2.04 bits per heavy atom. The second kappa shape index (κ2) is 7.33. The molecule has 0 bridgehead atoms. The summed E-state index contributed by atoms with van der Waals surface area (Å²) >= 11 is 6.18. The van der Waals surface area contributed by atoms with Gasteiger partial charge in [0.25, 0.3) is 5.91 Å². The van der Waals surface area contributed by atoms with Crippen LogP contribution in [0, 0.1) is 0 Å². The van der Waals surface area contributed by atoms with Gasteiger partial charge in [0.15, 0.2) is 11.6 Å². The molecule has 6 nitrogen and oxygen atoms in total. The molecule has 3 aromatic rings. The SMILES string of the molecule is O=C(NCc1nnc2n1CCCCC2)c1ccc(-c2ccccc2Cl)o1. The number of nitrogens with zero attached hydrogens (tertiary/aromatic N) is 3. The Labute approximate surface area is 156 Å². The fourth-order valence-electron chi connectivity index (χ4n) is 3.19. The third kappa shape index (κ3) is 3.37. The zero-order chi connectivity index (χ0) is 17.9. The molecule has 1 amide bonds. The molecule has 3 heterocycles. The summed E-state index contributed by atoms with van der Waals surface area (Å²) in [4.78, 5) is 12.4. The van der Waals surface area contributed by atoms with Crippen molar-refractivity contribution in [1.29, 1.82) is 0 Å². The molecule has 0 saturated carbocycles. The zero-order valence-electron chi connectivity index (χ0n) is 14.2. The molecule has 0 unspecified atom stereocenters. The average Bonchev–Trinajstić information content (AvgIpc) is 3.22. The van der Waals surface area contributed by atoms with Crippen LogP contribution >= 0.6 is 11.6 Å². The summed E-state index contributed by atoms with van der Waals surface area (Å²) in [6.07, 6.45) is 4.40. The van der Waals surface area contributed by atoms with Gasteiger partial charge in [0.2, 0.25) is 0 Å². The lowest BCUT2D eigenvalue weighted by molar-refractivity contribution is 0.0922. The third-order valence-electron chi connectivity index (χ3n) is 4.56. The van der Waals surface area contributed by atoms with E-state index in [1.165, 1.54) is 6.42 Å². The molecule has 7 heteroatoms. The van der Waals surface area contributed by atoms with Crippen molar-refractivity contribution in [3.8, 4) is 11.3 Å². The first-order valence-corrected chi connectivity index (χ1v) is 9.14. The van der Waals surface area contributed by atoms with Gasteiger partial charge >= 0.3 is 0 Å². The summed E-state index contributed by atoms with van der Waals surface area (Å²) in [5.74, 6) is 2.32. The van der Waals surface area contributed by atoms with Crippen LogP contribution in [0.1, 0.15) is 41.5 Å². The van der Waals surface area contributed by atoms with Gasteiger partial charge in [0.05, 0.1) is 11.6 Å². The second-order valence-corrected chi connectivity index (χ2v) is 6.73. The third-order valence-corrected chi connectivity index (χ3v) is 4.89. The molecule has 2 aromatic heterocycles. The van der Waals surface area contributed by atoms with E-state index >= 15 is 0 Å². The predicted octanol–water partition coefficient (Wildman–Crippen LogP) is 3.85. The lowest BCUT2D eigenvalue weighted by atomic mass is 10.2. The molecule has 0 saturated heterocycles. The molecule has 1 N–H and O–H groups in total. The van der Waals surface area contributed by atoms with E-state index in [-0.39, 0.29) is 11.7 Å². The minimum atomic E-state index is -0.283. The van der Waals surface area contributed by atoms with Crippen molar-refractivity contribution in [3.05, 3.63) is 58.8 Å². The molecular weight excluding hydrogens is 352 g/mol. The van der Waals surface area contributed by atoms with Crippen LogP contribution in [0.3, 0.4) is 0 Å². The van der Waals surface area contributed by atoms with Crippen LogP contribution in [0.25, 0.3) is 11.3 Å². The van der Waals surface area contributed by atoms with E-state index in [4.69, 9.17) is 16.0 Å². The van der Waals surface area contributed by atoms with Gasteiger partial charge in [-0.05, 0) is 37.1 Å². The summed E-state index contributed by atoms with van der Waals surface area (Å²) < 4.78 is 7.79. The van der Waals surface area contributed by atoms with Gasteiger partial charge in [0, 0.05) is 18.5 Å². The molecule has 1 aliphatic rings. The maximum atomic E-state index is 12.4. The highest BCUT2D eigenvalue weighted by atomic mass is 35.5. The minimum absolute atomic E-state index is 0.246. The van der Waals surface area contributed by atoms with E-state index < -0.39 is 0 Å². The van der Waals surface area contributed by atoms with Crippen molar-refractivity contribution in [2.75, 3.05) is 0 Å². The molecule has 1 aliphatic heterocycles. The first-order chi connectivity index (χ1) is 12.7. The average molecular weight is 371 g/mol. The Morgan fingerprint density at radius 1 is 1.15 bits per heavy atom. The number of hydrogen-bond acceptors (Lipinski definition) is 4. The Bertz CT molecular complexity index is 931. The predicted molar refractivity (Wildman–Crippen MR) is 97.9 cm³/mol. The van der Waals surface area contributed by atoms with Crippen molar-refractivity contribution in [1.82, 2.24) is 20.1 Å². The van der Waals surface area contributed by atoms with Crippen LogP contribution in [-0.2, 0) is 19.5 Å². The number of aromatic nitrogens is 3. The van der Waals surface area contributed by atoms with Gasteiger partial charge in [-0.1, -0.05) is 30.2 Å². The first kappa shape index (κ1) is 16.8. The number of rotatable bonds is 4. The summed E-state index contributed by atoms with van der Waals surface area (Å²) in [5.41, 5.74) is 0.760. The van der Waals surface area contributed by atoms with E-state index in [0.717, 1.165) is 43.0 Å². The van der Waals surface area contributed by atoms with Crippen LogP contribution in [0.4, 0.5) is 0 Å². The normalized spacial score (nSPS) is 13.9. The van der Waals surface area contributed by atoms with Crippen LogP contribution in [0.15, 0.2) is 40.8 Å². The smallest absolute Gasteiger partial charge is 0.287 e. The van der Waals surface area contributed by atoms with Gasteiger partial charge < -0.3 is 14.3 Å². The van der Waals surface area contributed by atoms with Crippen LogP contribution < -0.4 is 5.32 Å². The Hall–Kier alpha value is -2.60. The topological polar surface area (TPSA) is 73.0 Å². The lowest BCUT2D eigenvalue weighted by Crippen LogP contribution is -2.24. The molecule has 0 atom stereocenters. The molecule has 4 rings (SSSR count). The number of benzene rings is 1. The van der Waals surface area contributed by atoms with Crippen molar-refractivity contribution in [2.24, 2.45) is 0 Å². The number of furan rings is 1. The van der Waals surface area contributed by atoms with Gasteiger partial charge in [0.1, 0.15) is 11.6 Å². The molecule has 0 aliphatic carbocycles. The monoisotopic (exact) mass is 370 g/mol. The molecular formula is C19H19ClN4O2. The quantitative estimate of drug-likeness (QED) is 0.757. The highest BCUT2D eigenvalue weighted by Gasteiger charge is 2.17. The van der Waals surface area contributed by atoms with Gasteiger partial charge in [-0.25, -0.2) is 0 Å². The Morgan fingerprint density at radius 3 is 2.92 bits per heavy atom. The summed E-state index contributed by atoms with van der Waals surface area (Å²) in [6.45, 7) is 1.24. The summed E-state index contributed by atoms with van der Waals surface area (Å²) in [7, 11) is 0. The van der Waals surface area contributed by atoms with E-state index in [1.54, 1.807) is 18.2 Å². The summed E-state index contributed by atoms with van der Waals surface area (Å²) in [6, 6.07) is 10.8. The second-order valence-electron chi connectivity index (χ2n) is 6.32. The molecule has 1 aromatic carbocycles. The number of aryl methyl sites for hydroxylation is 1. The lowest BCUT2D eigenvalue weighted by Gasteiger charge is -2.07. The van der Waals surface area contributed by atoms with Crippen LogP contribution in [-0.4, -0.2) is 20.7 Å². The fraction of sp³-hybridized carbons (Fsp3) is 0.316. The van der Waals surface area contributed by atoms with E-state index in [0.29, 0.717) is 17.3 Å². The fourth-order valence-corrected chi connectivity index (χ4v) is 3.42. The zero-order valence-corrected chi connectivity index (χ0v) is 15.0. The van der Waals surface area contributed by atoms with Crippen molar-refractivity contribution < 1.29 is 9.21 Å². The summed E-state index contributed by atoms with van der Waals surface area (Å²) in [5, 5.41) is 11.9. The number of fused-ring (bicyclic) bond motifs is 1. The number of nitrogens with one attached hydrogen (secondary N) is 1. The first-order valence-electron chi connectivity index (χ1n) is 8.76. The number of carbonyl (C=O) groups excluding carboxylic acids is 1. The Balaban J connectivity index is 1.45. The molecule has 0 spiro atoms. The van der Waals surface area contributed by atoms with Gasteiger partial charge in [-0.3, -0.25) is 4.79 Å². The molecule has 0 fully saturated rings. The standard InChI is InChI=1S/C19H19ClN4O2/c20-14-7-4-3-6-13(14)15-9-10-16(26-15)19(25)21-12-18-23-22-17-8-2-1-5-11-24(17)18/h3-4,6-7,9-10H,1-2,5,8,11-12H2,(H,21,25). The van der Waals surface area contributed by atoms with Gasteiger partial charge in [-0.15, -0.1) is 10.2 Å². The van der Waals surface area contributed by atoms with Crippen molar-refractivity contribution >= 4 is 17.5 Å². The van der Waals surface area contributed by atoms with E-state index in [9.17, 15) is 4.79 Å². The van der Waals surface area contributed by atoms with Crippen molar-refractivity contribution in [2.45, 2.75) is 38.8 Å². The highest BCUT2D eigenvalue weighted by molar-refractivity contribution is 6.33. The van der Waals surface area contributed by atoms with Crippen molar-refractivity contribution in [3.63, 3.8) is 0 Å². The van der Waals surface area contributed by atoms with Gasteiger partial charge in [-0.2, -0.15) is 0 Å². The largest absolute Gasteiger partial charge is 0.451 e. The Kier molecular flexibility index (Phi) is 4.75. The number of amides is 1. The number of halogens is 1. The molecule has 0 radical (unpaired) electrons. The maximum Gasteiger partial charge on any atom is 0.287 e. The van der Waals surface area contributed by atoms with E-state index in [2.05, 4.69) is 20.1 Å². The molecule has 134 valence electrons.